The van der Waals surface area contributed by atoms with Gasteiger partial charge in [-0.2, -0.15) is 0 Å². The maximum atomic E-state index is 11.8. The summed E-state index contributed by atoms with van der Waals surface area (Å²) in [4.78, 5) is 11.8. The summed E-state index contributed by atoms with van der Waals surface area (Å²) in [5, 5.41) is 5.32. The Kier molecular flexibility index (Phi) is 5.07. The van der Waals surface area contributed by atoms with Crippen LogP contribution in [0.3, 0.4) is 0 Å². The minimum atomic E-state index is -1.60. The SMILES string of the molecule is CNC(NC(=O)c1ccc(C)cc1)C(Cl)(Cl)Cl. The highest BCUT2D eigenvalue weighted by Crippen LogP contribution is 2.28. The third kappa shape index (κ3) is 4.36. The largest absolute Gasteiger partial charge is 0.333 e. The molecule has 0 aliphatic rings. The molecule has 3 nitrogen and oxygen atoms in total. The summed E-state index contributed by atoms with van der Waals surface area (Å²) in [6, 6.07) is 7.13. The van der Waals surface area contributed by atoms with Gasteiger partial charge in [0.15, 0.2) is 0 Å². The van der Waals surface area contributed by atoms with Gasteiger partial charge in [-0.15, -0.1) is 0 Å². The molecular weight excluding hydrogens is 282 g/mol. The van der Waals surface area contributed by atoms with Crippen LogP contribution in [0.1, 0.15) is 15.9 Å². The third-order valence-corrected chi connectivity index (χ3v) is 2.86. The molecule has 1 rings (SSSR count). The van der Waals surface area contributed by atoms with Gasteiger partial charge in [-0.25, -0.2) is 0 Å². The Hall–Kier alpha value is -0.480. The van der Waals surface area contributed by atoms with E-state index < -0.39 is 9.96 Å². The van der Waals surface area contributed by atoms with Crippen molar-refractivity contribution in [1.82, 2.24) is 10.6 Å². The molecule has 6 heteroatoms. The second-order valence-electron chi connectivity index (χ2n) is 3.60. The van der Waals surface area contributed by atoms with E-state index in [4.69, 9.17) is 34.8 Å². The fourth-order valence-electron chi connectivity index (χ4n) is 1.24. The van der Waals surface area contributed by atoms with Crippen LogP contribution in [0, 0.1) is 6.92 Å². The first-order valence-electron chi connectivity index (χ1n) is 4.96. The van der Waals surface area contributed by atoms with E-state index in [-0.39, 0.29) is 5.91 Å². The van der Waals surface area contributed by atoms with E-state index in [1.165, 1.54) is 0 Å². The molecule has 17 heavy (non-hydrogen) atoms. The molecule has 0 fully saturated rings. The summed E-state index contributed by atoms with van der Waals surface area (Å²) in [5.74, 6) is -0.296. The number of rotatable bonds is 3. The Morgan fingerprint density at radius 3 is 2.18 bits per heavy atom. The van der Waals surface area contributed by atoms with Crippen molar-refractivity contribution < 1.29 is 4.79 Å². The van der Waals surface area contributed by atoms with Crippen molar-refractivity contribution in [2.45, 2.75) is 16.9 Å². The van der Waals surface area contributed by atoms with Gasteiger partial charge in [-0.1, -0.05) is 52.5 Å². The molecule has 1 aromatic carbocycles. The molecule has 0 aromatic heterocycles. The highest BCUT2D eigenvalue weighted by molar-refractivity contribution is 6.68. The van der Waals surface area contributed by atoms with Gasteiger partial charge in [0.25, 0.3) is 5.91 Å². The molecular formula is C11H13Cl3N2O. The molecule has 2 N–H and O–H groups in total. The lowest BCUT2D eigenvalue weighted by Crippen LogP contribution is -2.51. The van der Waals surface area contributed by atoms with E-state index in [0.29, 0.717) is 5.56 Å². The minimum Gasteiger partial charge on any atom is -0.333 e. The van der Waals surface area contributed by atoms with E-state index in [1.807, 2.05) is 19.1 Å². The molecule has 94 valence electrons. The van der Waals surface area contributed by atoms with Crippen LogP contribution in [-0.4, -0.2) is 22.9 Å². The quantitative estimate of drug-likeness (QED) is 0.665. The van der Waals surface area contributed by atoms with Crippen LogP contribution >= 0.6 is 34.8 Å². The molecule has 1 aromatic rings. The molecule has 1 amide bonds. The zero-order valence-corrected chi connectivity index (χ0v) is 11.7. The summed E-state index contributed by atoms with van der Waals surface area (Å²) in [6.45, 7) is 1.94. The number of hydrogen-bond donors (Lipinski definition) is 2. The Morgan fingerprint density at radius 1 is 1.24 bits per heavy atom. The fraction of sp³-hybridized carbons (Fsp3) is 0.364. The van der Waals surface area contributed by atoms with Crippen molar-refractivity contribution in [3.05, 3.63) is 35.4 Å². The molecule has 0 saturated heterocycles. The highest BCUT2D eigenvalue weighted by atomic mass is 35.6. The highest BCUT2D eigenvalue weighted by Gasteiger charge is 2.32. The lowest BCUT2D eigenvalue weighted by molar-refractivity contribution is 0.0931. The molecule has 0 heterocycles. The molecule has 0 bridgehead atoms. The van der Waals surface area contributed by atoms with Gasteiger partial charge >= 0.3 is 0 Å². The predicted octanol–water partition coefficient (Wildman–Crippen LogP) is 2.64. The monoisotopic (exact) mass is 294 g/mol. The molecule has 0 aliphatic heterocycles. The summed E-state index contributed by atoms with van der Waals surface area (Å²) >= 11 is 17.1. The van der Waals surface area contributed by atoms with Crippen LogP contribution in [0.5, 0.6) is 0 Å². The maximum absolute atomic E-state index is 11.8. The van der Waals surface area contributed by atoms with Crippen molar-refractivity contribution in [1.29, 1.82) is 0 Å². The number of aryl methyl sites for hydroxylation is 1. The Balaban J connectivity index is 2.75. The van der Waals surface area contributed by atoms with Crippen LogP contribution in [0.25, 0.3) is 0 Å². The topological polar surface area (TPSA) is 41.1 Å². The van der Waals surface area contributed by atoms with Crippen molar-refractivity contribution in [3.8, 4) is 0 Å². The zero-order chi connectivity index (χ0) is 13.1. The molecule has 0 radical (unpaired) electrons. The van der Waals surface area contributed by atoms with Crippen LogP contribution < -0.4 is 10.6 Å². The molecule has 1 atom stereocenters. The minimum absolute atomic E-state index is 0.296. The smallest absolute Gasteiger partial charge is 0.252 e. The standard InChI is InChI=1S/C11H13Cl3N2O/c1-7-3-5-8(6-4-7)9(17)16-10(15-2)11(12,13)14/h3-6,10,15H,1-2H3,(H,16,17). The van der Waals surface area contributed by atoms with Crippen LogP contribution in [0.4, 0.5) is 0 Å². The van der Waals surface area contributed by atoms with Crippen molar-refractivity contribution >= 4 is 40.7 Å². The second kappa shape index (κ2) is 5.91. The average Bonchev–Trinajstić information content (AvgIpc) is 2.24. The lowest BCUT2D eigenvalue weighted by atomic mass is 10.1. The number of benzene rings is 1. The van der Waals surface area contributed by atoms with Crippen molar-refractivity contribution in [2.75, 3.05) is 7.05 Å². The Bertz CT molecular complexity index is 387. The number of nitrogens with one attached hydrogen (secondary N) is 2. The van der Waals surface area contributed by atoms with Gasteiger partial charge in [0.2, 0.25) is 3.79 Å². The van der Waals surface area contributed by atoms with Crippen LogP contribution in [-0.2, 0) is 0 Å². The van der Waals surface area contributed by atoms with Gasteiger partial charge in [0.1, 0.15) is 6.17 Å². The summed E-state index contributed by atoms with van der Waals surface area (Å²) in [6.07, 6.45) is -0.749. The van der Waals surface area contributed by atoms with Crippen molar-refractivity contribution in [3.63, 3.8) is 0 Å². The van der Waals surface area contributed by atoms with E-state index in [2.05, 4.69) is 10.6 Å². The second-order valence-corrected chi connectivity index (χ2v) is 5.97. The number of amides is 1. The molecule has 1 unspecified atom stereocenters. The first-order chi connectivity index (χ1) is 7.84. The van der Waals surface area contributed by atoms with Gasteiger partial charge in [-0.05, 0) is 26.1 Å². The van der Waals surface area contributed by atoms with E-state index in [0.717, 1.165) is 5.56 Å². The summed E-state index contributed by atoms with van der Waals surface area (Å²) in [5.41, 5.74) is 1.60. The number of halogens is 3. The van der Waals surface area contributed by atoms with Gasteiger partial charge in [-0.3, -0.25) is 10.1 Å². The van der Waals surface area contributed by atoms with E-state index in [9.17, 15) is 4.79 Å². The maximum Gasteiger partial charge on any atom is 0.252 e. The lowest BCUT2D eigenvalue weighted by Gasteiger charge is -2.24. The molecule has 0 spiro atoms. The van der Waals surface area contributed by atoms with Gasteiger partial charge in [0.05, 0.1) is 0 Å². The van der Waals surface area contributed by atoms with Crippen LogP contribution in [0.15, 0.2) is 24.3 Å². The number of carbonyl (C=O) groups excluding carboxylic acids is 1. The number of carbonyl (C=O) groups is 1. The average molecular weight is 296 g/mol. The van der Waals surface area contributed by atoms with Crippen molar-refractivity contribution in [2.24, 2.45) is 0 Å². The van der Waals surface area contributed by atoms with E-state index in [1.54, 1.807) is 19.2 Å². The van der Waals surface area contributed by atoms with Gasteiger partial charge < -0.3 is 5.32 Å². The number of hydrogen-bond acceptors (Lipinski definition) is 2. The first kappa shape index (κ1) is 14.6. The Labute approximate surface area is 115 Å². The van der Waals surface area contributed by atoms with Crippen LogP contribution in [0.2, 0.25) is 0 Å². The Morgan fingerprint density at radius 2 is 1.76 bits per heavy atom. The normalized spacial score (nSPS) is 13.2. The predicted molar refractivity (Wildman–Crippen MR) is 71.8 cm³/mol. The zero-order valence-electron chi connectivity index (χ0n) is 9.43. The molecule has 0 aliphatic carbocycles. The van der Waals surface area contributed by atoms with Gasteiger partial charge in [0, 0.05) is 5.56 Å². The summed E-state index contributed by atoms with van der Waals surface area (Å²) < 4.78 is -1.60. The third-order valence-electron chi connectivity index (χ3n) is 2.21. The first-order valence-corrected chi connectivity index (χ1v) is 6.09. The summed E-state index contributed by atoms with van der Waals surface area (Å²) in [7, 11) is 1.60. The fourth-order valence-corrected chi connectivity index (χ4v) is 1.73. The number of alkyl halides is 3. The molecule has 0 saturated carbocycles. The van der Waals surface area contributed by atoms with E-state index >= 15 is 0 Å².